The van der Waals surface area contributed by atoms with E-state index in [9.17, 15) is 9.59 Å². The molecule has 1 aliphatic rings. The minimum Gasteiger partial charge on any atom is -0.497 e. The highest BCUT2D eigenvalue weighted by Crippen LogP contribution is 2.34. The maximum Gasteiger partial charge on any atom is 0.229 e. The van der Waals surface area contributed by atoms with E-state index in [0.29, 0.717) is 18.0 Å². The maximum atomic E-state index is 13.0. The number of amides is 2. The first kappa shape index (κ1) is 22.4. The number of hydrogen-bond acceptors (Lipinski definition) is 4. The highest BCUT2D eigenvalue weighted by Gasteiger charge is 2.37. The second-order valence-corrected chi connectivity index (χ2v) is 8.17. The average Bonchev–Trinajstić information content (AvgIpc) is 3.25. The van der Waals surface area contributed by atoms with E-state index in [1.54, 1.807) is 19.1 Å². The van der Waals surface area contributed by atoms with Crippen LogP contribution in [0.3, 0.4) is 0 Å². The highest BCUT2D eigenvalue weighted by atomic mass is 16.5. The highest BCUT2D eigenvalue weighted by molar-refractivity contribution is 5.98. The van der Waals surface area contributed by atoms with Crippen LogP contribution in [0.25, 0.3) is 11.1 Å². The summed E-state index contributed by atoms with van der Waals surface area (Å²) in [5.41, 5.74) is 3.53. The van der Waals surface area contributed by atoms with Gasteiger partial charge < -0.3 is 19.7 Å². The van der Waals surface area contributed by atoms with E-state index in [-0.39, 0.29) is 24.3 Å². The zero-order chi connectivity index (χ0) is 23.4. The van der Waals surface area contributed by atoms with E-state index in [2.05, 4.69) is 5.32 Å². The number of likely N-dealkylation sites (tertiary alicyclic amines) is 1. The summed E-state index contributed by atoms with van der Waals surface area (Å²) in [6.07, 6.45) is 0.213. The standard InChI is InChI=1S/C27H28N2O4/c1-18(19-7-5-4-6-8-19)29-17-21(15-26(29)30)27(31)28-22-11-14-25(33-3)24(16-22)20-9-12-23(32-2)13-10-20/h4-14,16,18,21H,15,17H2,1-3H3,(H,28,31)/t18-,21-/m1/s1. The molecule has 6 nitrogen and oxygen atoms in total. The number of benzene rings is 3. The van der Waals surface area contributed by atoms with Crippen LogP contribution in [0, 0.1) is 5.92 Å². The molecule has 1 aliphatic heterocycles. The van der Waals surface area contributed by atoms with Crippen molar-refractivity contribution < 1.29 is 19.1 Å². The fraction of sp³-hybridized carbons (Fsp3) is 0.259. The summed E-state index contributed by atoms with van der Waals surface area (Å²) in [5.74, 6) is 0.923. The topological polar surface area (TPSA) is 67.9 Å². The van der Waals surface area contributed by atoms with Crippen LogP contribution in [0.2, 0.25) is 0 Å². The van der Waals surface area contributed by atoms with Crippen molar-refractivity contribution in [2.75, 3.05) is 26.1 Å². The van der Waals surface area contributed by atoms with E-state index < -0.39 is 5.92 Å². The summed E-state index contributed by atoms with van der Waals surface area (Å²) in [7, 11) is 3.24. The van der Waals surface area contributed by atoms with Crippen LogP contribution in [0.5, 0.6) is 11.5 Å². The van der Waals surface area contributed by atoms with Gasteiger partial charge in [-0.25, -0.2) is 0 Å². The first-order valence-corrected chi connectivity index (χ1v) is 11.0. The third-order valence-corrected chi connectivity index (χ3v) is 6.15. The first-order chi connectivity index (χ1) is 16.0. The number of rotatable bonds is 7. The molecule has 1 fully saturated rings. The predicted molar refractivity (Wildman–Crippen MR) is 128 cm³/mol. The van der Waals surface area contributed by atoms with Crippen LogP contribution in [-0.4, -0.2) is 37.5 Å². The van der Waals surface area contributed by atoms with Crippen molar-refractivity contribution in [2.24, 2.45) is 5.92 Å². The Labute approximate surface area is 194 Å². The quantitative estimate of drug-likeness (QED) is 0.562. The van der Waals surface area contributed by atoms with Crippen LogP contribution in [0.4, 0.5) is 5.69 Å². The lowest BCUT2D eigenvalue weighted by molar-refractivity contribution is -0.129. The fourth-order valence-corrected chi connectivity index (χ4v) is 4.22. The lowest BCUT2D eigenvalue weighted by Gasteiger charge is -2.25. The molecule has 6 heteroatoms. The van der Waals surface area contributed by atoms with E-state index in [1.807, 2.05) is 79.7 Å². The molecule has 0 spiro atoms. The van der Waals surface area contributed by atoms with E-state index in [0.717, 1.165) is 22.4 Å². The van der Waals surface area contributed by atoms with Crippen LogP contribution >= 0.6 is 0 Å². The molecule has 0 aromatic heterocycles. The smallest absolute Gasteiger partial charge is 0.229 e. The molecular weight excluding hydrogens is 416 g/mol. The maximum absolute atomic E-state index is 13.0. The molecule has 1 N–H and O–H groups in total. The Morgan fingerprint density at radius 3 is 2.39 bits per heavy atom. The largest absolute Gasteiger partial charge is 0.497 e. The molecule has 4 rings (SSSR count). The third kappa shape index (κ3) is 4.85. The summed E-state index contributed by atoms with van der Waals surface area (Å²) in [4.78, 5) is 27.5. The molecule has 0 saturated carbocycles. The van der Waals surface area contributed by atoms with Gasteiger partial charge in [-0.3, -0.25) is 9.59 Å². The third-order valence-electron chi connectivity index (χ3n) is 6.15. The minimum absolute atomic E-state index is 0.000144. The summed E-state index contributed by atoms with van der Waals surface area (Å²) in [6.45, 7) is 2.40. The number of carbonyl (C=O) groups excluding carboxylic acids is 2. The molecule has 170 valence electrons. The molecule has 0 bridgehead atoms. The monoisotopic (exact) mass is 444 g/mol. The number of anilines is 1. The zero-order valence-electron chi connectivity index (χ0n) is 19.1. The molecule has 3 aromatic carbocycles. The SMILES string of the molecule is COc1ccc(-c2cc(NC(=O)[C@@H]3CC(=O)N([C@H](C)c4ccccc4)C3)ccc2OC)cc1. The number of ether oxygens (including phenoxy) is 2. The van der Waals surface area contributed by atoms with Crippen molar-refractivity contribution in [3.05, 3.63) is 78.4 Å². The van der Waals surface area contributed by atoms with Gasteiger partial charge in [-0.05, 0) is 48.4 Å². The number of hydrogen-bond donors (Lipinski definition) is 1. The molecule has 1 saturated heterocycles. The van der Waals surface area contributed by atoms with Gasteiger partial charge in [0.15, 0.2) is 0 Å². The van der Waals surface area contributed by atoms with Crippen molar-refractivity contribution in [3.63, 3.8) is 0 Å². The van der Waals surface area contributed by atoms with E-state index in [4.69, 9.17) is 9.47 Å². The molecule has 33 heavy (non-hydrogen) atoms. The fourth-order valence-electron chi connectivity index (χ4n) is 4.22. The van der Waals surface area contributed by atoms with Gasteiger partial charge in [-0.1, -0.05) is 42.5 Å². The molecule has 3 aromatic rings. The van der Waals surface area contributed by atoms with Crippen molar-refractivity contribution in [1.82, 2.24) is 4.90 Å². The molecule has 0 unspecified atom stereocenters. The second-order valence-electron chi connectivity index (χ2n) is 8.17. The Kier molecular flexibility index (Phi) is 6.63. The Bertz CT molecular complexity index is 1130. The lowest BCUT2D eigenvalue weighted by atomic mass is 10.0. The van der Waals surface area contributed by atoms with Gasteiger partial charge in [0.1, 0.15) is 11.5 Å². The Morgan fingerprint density at radius 2 is 1.73 bits per heavy atom. The van der Waals surface area contributed by atoms with Crippen molar-refractivity contribution >= 4 is 17.5 Å². The van der Waals surface area contributed by atoms with Crippen LogP contribution < -0.4 is 14.8 Å². The molecule has 2 amide bonds. The number of nitrogens with one attached hydrogen (secondary N) is 1. The van der Waals surface area contributed by atoms with Gasteiger partial charge >= 0.3 is 0 Å². The average molecular weight is 445 g/mol. The van der Waals surface area contributed by atoms with Gasteiger partial charge in [0, 0.05) is 24.2 Å². The van der Waals surface area contributed by atoms with Gasteiger partial charge in [-0.15, -0.1) is 0 Å². The Hall–Kier alpha value is -3.80. The Morgan fingerprint density at radius 1 is 1.00 bits per heavy atom. The summed E-state index contributed by atoms with van der Waals surface area (Å²) in [6, 6.07) is 23.0. The molecule has 2 atom stereocenters. The van der Waals surface area contributed by atoms with Crippen LogP contribution in [-0.2, 0) is 9.59 Å². The molecule has 0 aliphatic carbocycles. The minimum atomic E-state index is -0.393. The Balaban J connectivity index is 1.48. The van der Waals surface area contributed by atoms with Crippen molar-refractivity contribution in [3.8, 4) is 22.6 Å². The molecule has 1 heterocycles. The van der Waals surface area contributed by atoms with Gasteiger partial charge in [0.05, 0.1) is 26.2 Å². The van der Waals surface area contributed by atoms with Crippen LogP contribution in [0.15, 0.2) is 72.8 Å². The molecule has 0 radical (unpaired) electrons. The number of nitrogens with zero attached hydrogens (tertiary/aromatic N) is 1. The lowest BCUT2D eigenvalue weighted by Crippen LogP contribution is -2.30. The first-order valence-electron chi connectivity index (χ1n) is 11.0. The number of methoxy groups -OCH3 is 2. The van der Waals surface area contributed by atoms with Crippen LogP contribution in [0.1, 0.15) is 24.9 Å². The summed E-state index contributed by atoms with van der Waals surface area (Å²) in [5, 5.41) is 2.99. The normalized spacial score (nSPS) is 16.4. The predicted octanol–water partition coefficient (Wildman–Crippen LogP) is 4.92. The van der Waals surface area contributed by atoms with E-state index >= 15 is 0 Å². The van der Waals surface area contributed by atoms with E-state index in [1.165, 1.54) is 0 Å². The second kappa shape index (κ2) is 9.77. The van der Waals surface area contributed by atoms with Gasteiger partial charge in [-0.2, -0.15) is 0 Å². The summed E-state index contributed by atoms with van der Waals surface area (Å²) >= 11 is 0. The van der Waals surface area contributed by atoms with Gasteiger partial charge in [0.2, 0.25) is 11.8 Å². The van der Waals surface area contributed by atoms with Gasteiger partial charge in [0.25, 0.3) is 0 Å². The summed E-state index contributed by atoms with van der Waals surface area (Å²) < 4.78 is 10.8. The number of carbonyl (C=O) groups is 2. The van der Waals surface area contributed by atoms with Crippen molar-refractivity contribution in [2.45, 2.75) is 19.4 Å². The van der Waals surface area contributed by atoms with Crippen molar-refractivity contribution in [1.29, 1.82) is 0 Å². The molecular formula is C27H28N2O4. The zero-order valence-corrected chi connectivity index (χ0v) is 19.1.